The topological polar surface area (TPSA) is 37.2 Å². The van der Waals surface area contributed by atoms with Gasteiger partial charge in [0.25, 0.3) is 0 Å². The Labute approximate surface area is 259 Å². The molecule has 0 unspecified atom stereocenters. The van der Waals surface area contributed by atoms with Crippen LogP contribution in [0.5, 0.6) is 0 Å². The van der Waals surface area contributed by atoms with E-state index in [-0.39, 0.29) is 11.6 Å². The highest BCUT2D eigenvalue weighted by Gasteiger charge is 2.29. The lowest BCUT2D eigenvalue weighted by Crippen LogP contribution is -2.36. The molecule has 0 spiro atoms. The zero-order chi connectivity index (χ0) is 30.1. The van der Waals surface area contributed by atoms with Crippen molar-refractivity contribution in [3.05, 3.63) is 107 Å². The lowest BCUT2D eigenvalue weighted by Gasteiger charge is -2.31. The van der Waals surface area contributed by atoms with E-state index >= 15 is 0 Å². The summed E-state index contributed by atoms with van der Waals surface area (Å²) in [5.74, 6) is -0.466. The highest BCUT2D eigenvalue weighted by Crippen LogP contribution is 2.30. The Morgan fingerprint density at radius 1 is 0.591 bits per heavy atom. The van der Waals surface area contributed by atoms with Crippen molar-refractivity contribution in [2.24, 2.45) is 0 Å². The van der Waals surface area contributed by atoms with Gasteiger partial charge < -0.3 is 24.0 Å². The standard InChI is InChI=1S/C36H42F2N3O3/c37-32-10-4-28(5-11-32)34(39-16-22-42-23-17-39)14-8-30-2-1-3-31(36(30)41-20-26-44-27-21-41)9-15-35(40-18-24-43-25-19-40)29-6-12-33(38)13-7-29/h4-15H,1-3,16-27H2/q+1. The molecule has 0 radical (unpaired) electrons. The normalized spacial score (nSPS) is 22.7. The molecule has 6 nitrogen and oxygen atoms in total. The van der Waals surface area contributed by atoms with Crippen LogP contribution in [0.15, 0.2) is 84.0 Å². The zero-order valence-corrected chi connectivity index (χ0v) is 25.4. The second-order valence-corrected chi connectivity index (χ2v) is 11.5. The largest absolute Gasteiger partial charge is 0.378 e. The van der Waals surface area contributed by atoms with E-state index in [4.69, 9.17) is 14.2 Å². The number of benzene rings is 2. The summed E-state index contributed by atoms with van der Waals surface area (Å²) in [6.45, 7) is 9.03. The molecule has 3 heterocycles. The lowest BCUT2D eigenvalue weighted by atomic mass is 9.86. The maximum atomic E-state index is 13.8. The van der Waals surface area contributed by atoms with Gasteiger partial charge in [0.05, 0.1) is 26.4 Å². The van der Waals surface area contributed by atoms with E-state index in [0.717, 1.165) is 81.1 Å². The zero-order valence-electron chi connectivity index (χ0n) is 25.4. The number of hydrogen-bond donors (Lipinski definition) is 0. The van der Waals surface area contributed by atoms with E-state index in [1.165, 1.54) is 41.1 Å². The van der Waals surface area contributed by atoms with Crippen LogP contribution in [0.1, 0.15) is 30.4 Å². The summed E-state index contributed by atoms with van der Waals surface area (Å²) in [6.07, 6.45) is 12.0. The molecule has 4 aliphatic rings. The molecule has 44 heavy (non-hydrogen) atoms. The summed E-state index contributed by atoms with van der Waals surface area (Å²) >= 11 is 0. The fourth-order valence-corrected chi connectivity index (χ4v) is 6.41. The van der Waals surface area contributed by atoms with Crippen LogP contribution < -0.4 is 0 Å². The minimum absolute atomic E-state index is 0.233. The van der Waals surface area contributed by atoms with Crippen LogP contribution in [0.2, 0.25) is 0 Å². The number of ether oxygens (including phenoxy) is 3. The Morgan fingerprint density at radius 3 is 1.43 bits per heavy atom. The van der Waals surface area contributed by atoms with Gasteiger partial charge in [-0.15, -0.1) is 0 Å². The van der Waals surface area contributed by atoms with Crippen molar-refractivity contribution < 1.29 is 27.6 Å². The first kappa shape index (κ1) is 30.4. The van der Waals surface area contributed by atoms with Crippen LogP contribution in [0, 0.1) is 11.6 Å². The van der Waals surface area contributed by atoms with Crippen molar-refractivity contribution in [1.29, 1.82) is 0 Å². The molecule has 8 heteroatoms. The average molecular weight is 603 g/mol. The van der Waals surface area contributed by atoms with Crippen LogP contribution in [-0.2, 0) is 14.2 Å². The summed E-state index contributed by atoms with van der Waals surface area (Å²) in [6, 6.07) is 13.6. The molecule has 3 aliphatic heterocycles. The molecule has 0 bridgehead atoms. The molecule has 1 saturated carbocycles. The van der Waals surface area contributed by atoms with Crippen LogP contribution in [0.25, 0.3) is 11.4 Å². The Bertz CT molecular complexity index is 1330. The maximum absolute atomic E-state index is 13.8. The predicted molar refractivity (Wildman–Crippen MR) is 169 cm³/mol. The van der Waals surface area contributed by atoms with Crippen molar-refractivity contribution in [2.45, 2.75) is 19.3 Å². The molecule has 0 N–H and O–H groups in total. The number of nitrogens with zero attached hydrogens (tertiary/aromatic N) is 3. The van der Waals surface area contributed by atoms with Crippen molar-refractivity contribution in [2.75, 3.05) is 78.9 Å². The van der Waals surface area contributed by atoms with Gasteiger partial charge in [-0.25, -0.2) is 13.4 Å². The predicted octanol–water partition coefficient (Wildman–Crippen LogP) is 5.53. The fourth-order valence-electron chi connectivity index (χ4n) is 6.41. The molecule has 1 aliphatic carbocycles. The minimum atomic E-state index is -0.233. The number of hydrogen-bond acceptors (Lipinski definition) is 5. The van der Waals surface area contributed by atoms with Gasteiger partial charge in [0, 0.05) is 48.7 Å². The molecular weight excluding hydrogens is 560 g/mol. The Kier molecular flexibility index (Phi) is 10.3. The van der Waals surface area contributed by atoms with Gasteiger partial charge in [-0.3, -0.25) is 0 Å². The second kappa shape index (κ2) is 14.9. The first-order chi connectivity index (χ1) is 21.7. The quantitative estimate of drug-likeness (QED) is 0.407. The third-order valence-electron chi connectivity index (χ3n) is 8.70. The monoisotopic (exact) mass is 602 g/mol. The molecule has 4 fully saturated rings. The number of morpholine rings is 3. The fraction of sp³-hybridized carbons (Fsp3) is 0.417. The molecule has 0 atom stereocenters. The first-order valence-corrected chi connectivity index (χ1v) is 15.8. The Morgan fingerprint density at radius 2 is 1.00 bits per heavy atom. The van der Waals surface area contributed by atoms with Gasteiger partial charge in [-0.05, 0) is 91.1 Å². The SMILES string of the molecule is Fc1ccc(/C(=C/C=C2/CCC/C(=C/C=C(/c3ccc(F)cc3)N3CCOCC3)C2=[N+]2CCOCC2)N2CCOCC2)cc1. The Hall–Kier alpha value is -3.59. The number of rotatable bonds is 6. The van der Waals surface area contributed by atoms with Crippen molar-refractivity contribution in [3.63, 3.8) is 0 Å². The van der Waals surface area contributed by atoms with Gasteiger partial charge in [0.1, 0.15) is 24.8 Å². The van der Waals surface area contributed by atoms with Crippen molar-refractivity contribution in [3.8, 4) is 0 Å². The molecule has 6 rings (SSSR count). The van der Waals surface area contributed by atoms with Gasteiger partial charge in [0.15, 0.2) is 13.1 Å². The number of allylic oxidation sites excluding steroid dienone is 6. The van der Waals surface area contributed by atoms with Gasteiger partial charge in [-0.2, -0.15) is 0 Å². The highest BCUT2D eigenvalue weighted by atomic mass is 19.1. The third kappa shape index (κ3) is 7.54. The summed E-state index contributed by atoms with van der Waals surface area (Å²) in [7, 11) is 0. The van der Waals surface area contributed by atoms with E-state index in [9.17, 15) is 8.78 Å². The Balaban J connectivity index is 1.40. The molecule has 232 valence electrons. The van der Waals surface area contributed by atoms with E-state index in [2.05, 4.69) is 38.7 Å². The average Bonchev–Trinajstić information content (AvgIpc) is 3.08. The molecular formula is C36H42F2N3O3+. The first-order valence-electron chi connectivity index (χ1n) is 15.8. The second-order valence-electron chi connectivity index (χ2n) is 11.5. The van der Waals surface area contributed by atoms with Crippen LogP contribution in [0.3, 0.4) is 0 Å². The molecule has 2 aromatic rings. The summed E-state index contributed by atoms with van der Waals surface area (Å²) in [4.78, 5) is 4.67. The smallest absolute Gasteiger partial charge is 0.206 e. The minimum Gasteiger partial charge on any atom is -0.378 e. The molecule has 0 aromatic heterocycles. The molecule has 0 amide bonds. The van der Waals surface area contributed by atoms with Crippen LogP contribution in [0.4, 0.5) is 8.78 Å². The van der Waals surface area contributed by atoms with E-state index in [1.54, 1.807) is 0 Å². The van der Waals surface area contributed by atoms with Gasteiger partial charge >= 0.3 is 0 Å². The van der Waals surface area contributed by atoms with Crippen LogP contribution >= 0.6 is 0 Å². The van der Waals surface area contributed by atoms with Crippen LogP contribution in [-0.4, -0.2) is 99.0 Å². The summed E-state index contributed by atoms with van der Waals surface area (Å²) in [5, 5.41) is 0. The van der Waals surface area contributed by atoms with E-state index in [0.29, 0.717) is 39.6 Å². The summed E-state index contributed by atoms with van der Waals surface area (Å²) in [5.41, 5.74) is 8.07. The molecule has 2 aromatic carbocycles. The lowest BCUT2D eigenvalue weighted by molar-refractivity contribution is -0.548. The number of halogens is 2. The van der Waals surface area contributed by atoms with Crippen molar-refractivity contribution in [1.82, 2.24) is 9.80 Å². The molecule has 3 saturated heterocycles. The van der Waals surface area contributed by atoms with Crippen molar-refractivity contribution >= 4 is 17.1 Å². The van der Waals surface area contributed by atoms with E-state index in [1.807, 2.05) is 24.3 Å². The third-order valence-corrected chi connectivity index (χ3v) is 8.70. The van der Waals surface area contributed by atoms with Gasteiger partial charge in [-0.1, -0.05) is 12.2 Å². The summed E-state index contributed by atoms with van der Waals surface area (Å²) < 4.78 is 47.1. The van der Waals surface area contributed by atoms with Gasteiger partial charge in [0.2, 0.25) is 5.71 Å². The highest BCUT2D eigenvalue weighted by molar-refractivity contribution is 6.10. The maximum Gasteiger partial charge on any atom is 0.206 e. The van der Waals surface area contributed by atoms with E-state index < -0.39 is 0 Å².